The topological polar surface area (TPSA) is 27.0 Å². The summed E-state index contributed by atoms with van der Waals surface area (Å²) in [5.74, 6) is 0.670. The molecule has 2 aliphatic carbocycles. The lowest BCUT2D eigenvalue weighted by molar-refractivity contribution is -0.137. The van der Waals surface area contributed by atoms with Gasteiger partial charge in [0, 0.05) is 18.3 Å². The first-order chi connectivity index (χ1) is 9.49. The van der Waals surface area contributed by atoms with E-state index in [0.29, 0.717) is 12.0 Å². The van der Waals surface area contributed by atoms with Crippen LogP contribution in [-0.2, 0) is 6.18 Å². The molecule has 1 aromatic rings. The van der Waals surface area contributed by atoms with Crippen molar-refractivity contribution in [3.05, 3.63) is 29.3 Å². The molecule has 2 aliphatic rings. The Balaban J connectivity index is 1.91. The van der Waals surface area contributed by atoms with Gasteiger partial charge < -0.3 is 4.90 Å². The lowest BCUT2D eigenvalue weighted by atomic mass is 10.1. The molecular weight excluding hydrogens is 265 g/mol. The Bertz CT molecular complexity index is 551. The summed E-state index contributed by atoms with van der Waals surface area (Å²) in [4.78, 5) is 2.18. The van der Waals surface area contributed by atoms with Crippen molar-refractivity contribution in [1.82, 2.24) is 0 Å². The van der Waals surface area contributed by atoms with E-state index < -0.39 is 11.7 Å². The standard InChI is InChI=1S/C15H15F3N2/c16-15(17,18)14-6-5-13(7-11(14)8-19)20(12-3-4-12)9-10-1-2-10/h5-7,10,12H,1-4,9H2. The van der Waals surface area contributed by atoms with Gasteiger partial charge in [-0.1, -0.05) is 0 Å². The number of alkyl halides is 3. The summed E-state index contributed by atoms with van der Waals surface area (Å²) < 4.78 is 38.4. The van der Waals surface area contributed by atoms with Crippen LogP contribution in [0.15, 0.2) is 18.2 Å². The molecule has 2 fully saturated rings. The van der Waals surface area contributed by atoms with Gasteiger partial charge in [-0.2, -0.15) is 18.4 Å². The molecule has 0 bridgehead atoms. The zero-order chi connectivity index (χ0) is 14.3. The van der Waals surface area contributed by atoms with Crippen LogP contribution in [0.3, 0.4) is 0 Å². The Morgan fingerprint density at radius 3 is 2.40 bits per heavy atom. The maximum absolute atomic E-state index is 12.8. The smallest absolute Gasteiger partial charge is 0.368 e. The lowest BCUT2D eigenvalue weighted by Gasteiger charge is -2.25. The van der Waals surface area contributed by atoms with Crippen LogP contribution in [0.5, 0.6) is 0 Å². The molecule has 0 aliphatic heterocycles. The predicted octanol–water partition coefficient (Wildman–Crippen LogP) is 3.96. The fourth-order valence-electron chi connectivity index (χ4n) is 2.48. The number of hydrogen-bond donors (Lipinski definition) is 0. The van der Waals surface area contributed by atoms with Gasteiger partial charge in [-0.25, -0.2) is 0 Å². The minimum Gasteiger partial charge on any atom is -0.368 e. The number of rotatable bonds is 4. The van der Waals surface area contributed by atoms with Crippen LogP contribution in [0.1, 0.15) is 36.8 Å². The molecule has 0 atom stereocenters. The minimum absolute atomic E-state index is 0.281. The summed E-state index contributed by atoms with van der Waals surface area (Å²) in [5, 5.41) is 8.97. The van der Waals surface area contributed by atoms with Crippen LogP contribution in [0.2, 0.25) is 0 Å². The molecule has 3 rings (SSSR count). The van der Waals surface area contributed by atoms with E-state index in [4.69, 9.17) is 5.26 Å². The van der Waals surface area contributed by atoms with E-state index >= 15 is 0 Å². The quantitative estimate of drug-likeness (QED) is 0.834. The predicted molar refractivity (Wildman–Crippen MR) is 69.3 cm³/mol. The minimum atomic E-state index is -4.47. The average molecular weight is 280 g/mol. The van der Waals surface area contributed by atoms with Gasteiger partial charge in [0.05, 0.1) is 17.2 Å². The molecule has 0 saturated heterocycles. The third-order valence-corrected chi connectivity index (χ3v) is 3.90. The summed E-state index contributed by atoms with van der Waals surface area (Å²) in [7, 11) is 0. The Morgan fingerprint density at radius 2 is 1.90 bits per heavy atom. The molecule has 5 heteroatoms. The third kappa shape index (κ3) is 2.74. The van der Waals surface area contributed by atoms with Gasteiger partial charge in [-0.3, -0.25) is 0 Å². The SMILES string of the molecule is N#Cc1cc(N(CC2CC2)C2CC2)ccc1C(F)(F)F. The Morgan fingerprint density at radius 1 is 1.20 bits per heavy atom. The van der Waals surface area contributed by atoms with E-state index in [0.717, 1.165) is 31.1 Å². The van der Waals surface area contributed by atoms with E-state index in [-0.39, 0.29) is 5.56 Å². The van der Waals surface area contributed by atoms with Crippen molar-refractivity contribution >= 4 is 5.69 Å². The van der Waals surface area contributed by atoms with Crippen LogP contribution < -0.4 is 4.90 Å². The first-order valence-electron chi connectivity index (χ1n) is 6.87. The zero-order valence-corrected chi connectivity index (χ0v) is 11.0. The highest BCUT2D eigenvalue weighted by Crippen LogP contribution is 2.39. The monoisotopic (exact) mass is 280 g/mol. The van der Waals surface area contributed by atoms with Crippen LogP contribution in [0.4, 0.5) is 18.9 Å². The van der Waals surface area contributed by atoms with E-state index in [1.54, 1.807) is 6.07 Å². The molecule has 0 N–H and O–H groups in total. The van der Waals surface area contributed by atoms with Crippen molar-refractivity contribution < 1.29 is 13.2 Å². The van der Waals surface area contributed by atoms with Crippen LogP contribution in [0.25, 0.3) is 0 Å². The largest absolute Gasteiger partial charge is 0.417 e. The molecule has 0 amide bonds. The molecule has 0 unspecified atom stereocenters. The van der Waals surface area contributed by atoms with Gasteiger partial charge in [-0.05, 0) is 49.8 Å². The second-order valence-corrected chi connectivity index (χ2v) is 5.67. The van der Waals surface area contributed by atoms with Crippen molar-refractivity contribution in [3.63, 3.8) is 0 Å². The van der Waals surface area contributed by atoms with Gasteiger partial charge in [0.1, 0.15) is 0 Å². The molecular formula is C15H15F3N2. The number of nitriles is 1. The van der Waals surface area contributed by atoms with Gasteiger partial charge >= 0.3 is 6.18 Å². The fourth-order valence-corrected chi connectivity index (χ4v) is 2.48. The summed E-state index contributed by atoms with van der Waals surface area (Å²) in [5.41, 5.74) is -0.369. The molecule has 106 valence electrons. The van der Waals surface area contributed by atoms with E-state index in [1.807, 2.05) is 0 Å². The van der Waals surface area contributed by atoms with Gasteiger partial charge in [0.25, 0.3) is 0 Å². The van der Waals surface area contributed by atoms with Crippen LogP contribution in [0, 0.1) is 17.2 Å². The molecule has 2 nitrogen and oxygen atoms in total. The Kier molecular flexibility index (Phi) is 3.12. The summed E-state index contributed by atoms with van der Waals surface area (Å²) in [6.45, 7) is 0.904. The van der Waals surface area contributed by atoms with Crippen molar-refractivity contribution in [2.45, 2.75) is 37.9 Å². The number of hydrogen-bond acceptors (Lipinski definition) is 2. The molecule has 0 spiro atoms. The van der Waals surface area contributed by atoms with Crippen molar-refractivity contribution in [3.8, 4) is 6.07 Å². The molecule has 0 radical (unpaired) electrons. The zero-order valence-electron chi connectivity index (χ0n) is 11.0. The fraction of sp³-hybridized carbons (Fsp3) is 0.533. The van der Waals surface area contributed by atoms with Crippen molar-refractivity contribution in [2.24, 2.45) is 5.92 Å². The van der Waals surface area contributed by atoms with Gasteiger partial charge in [0.2, 0.25) is 0 Å². The summed E-state index contributed by atoms with van der Waals surface area (Å²) in [6.07, 6.45) is 0.125. The highest BCUT2D eigenvalue weighted by Gasteiger charge is 2.36. The van der Waals surface area contributed by atoms with Crippen LogP contribution >= 0.6 is 0 Å². The molecule has 20 heavy (non-hydrogen) atoms. The lowest BCUT2D eigenvalue weighted by Crippen LogP contribution is -2.28. The van der Waals surface area contributed by atoms with E-state index in [1.165, 1.54) is 25.0 Å². The number of nitrogens with zero attached hydrogens (tertiary/aromatic N) is 2. The van der Waals surface area contributed by atoms with Gasteiger partial charge in [-0.15, -0.1) is 0 Å². The number of benzene rings is 1. The molecule has 0 aromatic heterocycles. The first-order valence-corrected chi connectivity index (χ1v) is 6.87. The second-order valence-electron chi connectivity index (χ2n) is 5.67. The molecule has 1 aromatic carbocycles. The summed E-state index contributed by atoms with van der Waals surface area (Å²) >= 11 is 0. The highest BCUT2D eigenvalue weighted by molar-refractivity contribution is 5.56. The van der Waals surface area contributed by atoms with Crippen molar-refractivity contribution in [1.29, 1.82) is 5.26 Å². The normalized spacial score (nSPS) is 18.7. The number of halogens is 3. The first kappa shape index (κ1) is 13.3. The molecule has 2 saturated carbocycles. The number of anilines is 1. The second kappa shape index (κ2) is 4.69. The Labute approximate surface area is 115 Å². The van der Waals surface area contributed by atoms with E-state index in [2.05, 4.69) is 4.90 Å². The van der Waals surface area contributed by atoms with E-state index in [9.17, 15) is 13.2 Å². The van der Waals surface area contributed by atoms with Gasteiger partial charge in [0.15, 0.2) is 0 Å². The van der Waals surface area contributed by atoms with Crippen molar-refractivity contribution in [2.75, 3.05) is 11.4 Å². The highest BCUT2D eigenvalue weighted by atomic mass is 19.4. The Hall–Kier alpha value is -1.70. The average Bonchev–Trinajstić information content (AvgIpc) is 3.26. The molecule has 0 heterocycles. The summed E-state index contributed by atoms with van der Waals surface area (Å²) in [6, 6.07) is 6.06. The van der Waals surface area contributed by atoms with Crippen LogP contribution in [-0.4, -0.2) is 12.6 Å². The maximum Gasteiger partial charge on any atom is 0.417 e. The third-order valence-electron chi connectivity index (χ3n) is 3.90. The maximum atomic E-state index is 12.8.